The van der Waals surface area contributed by atoms with Crippen LogP contribution in [0.1, 0.15) is 19.3 Å². The maximum atomic E-state index is 11.7. The fraction of sp³-hybridized carbons (Fsp3) is 0.440. The number of amides is 1. The first-order chi connectivity index (χ1) is 16.1. The summed E-state index contributed by atoms with van der Waals surface area (Å²) in [5, 5.41) is 2.85. The van der Waals surface area contributed by atoms with Crippen molar-refractivity contribution in [3.05, 3.63) is 42.5 Å². The normalized spacial score (nSPS) is 14.5. The average Bonchev–Trinajstić information content (AvgIpc) is 3.26. The number of nitrogens with two attached hydrogens (primary N) is 1. The van der Waals surface area contributed by atoms with Crippen molar-refractivity contribution in [1.82, 2.24) is 20.2 Å². The van der Waals surface area contributed by atoms with E-state index >= 15 is 0 Å². The molecule has 8 nitrogen and oxygen atoms in total. The highest BCUT2D eigenvalue weighted by Gasteiger charge is 2.15. The number of nitrogens with zero attached hydrogens (tertiary/aromatic N) is 3. The number of rotatable bonds is 10. The van der Waals surface area contributed by atoms with Crippen LogP contribution >= 0.6 is 0 Å². The number of hydrogen-bond acceptors (Lipinski definition) is 6. The number of likely N-dealkylation sites (N-methyl/N-ethyl adjacent to an activating group) is 1. The lowest BCUT2D eigenvalue weighted by Crippen LogP contribution is -2.44. The summed E-state index contributed by atoms with van der Waals surface area (Å²) in [7, 11) is 2.17. The van der Waals surface area contributed by atoms with E-state index in [-0.39, 0.29) is 5.91 Å². The molecule has 1 amide bonds. The lowest BCUT2D eigenvalue weighted by Gasteiger charge is -2.34. The van der Waals surface area contributed by atoms with Gasteiger partial charge in [0.15, 0.2) is 0 Å². The molecule has 176 valence electrons. The molecular formula is C25H34N6O2. The summed E-state index contributed by atoms with van der Waals surface area (Å²) in [6.45, 7) is 5.99. The van der Waals surface area contributed by atoms with Gasteiger partial charge in [0, 0.05) is 50.4 Å². The minimum Gasteiger partial charge on any atom is -0.494 e. The van der Waals surface area contributed by atoms with Crippen LogP contribution in [0.25, 0.3) is 22.4 Å². The molecule has 2 aromatic carbocycles. The zero-order chi connectivity index (χ0) is 23.0. The Morgan fingerprint density at radius 2 is 1.91 bits per heavy atom. The number of aromatic amines is 1. The Hall–Kier alpha value is -3.10. The quantitative estimate of drug-likeness (QED) is 0.411. The molecule has 1 aliphatic rings. The molecule has 0 saturated carbocycles. The van der Waals surface area contributed by atoms with Crippen LogP contribution in [0.4, 0.5) is 5.69 Å². The van der Waals surface area contributed by atoms with Crippen LogP contribution in [0.15, 0.2) is 42.5 Å². The number of fused-ring (bicyclic) bond motifs is 1. The first kappa shape index (κ1) is 23.1. The Balaban J connectivity index is 1.31. The summed E-state index contributed by atoms with van der Waals surface area (Å²) in [5.74, 6) is 1.68. The van der Waals surface area contributed by atoms with E-state index in [1.165, 1.54) is 5.69 Å². The van der Waals surface area contributed by atoms with Gasteiger partial charge < -0.3 is 30.6 Å². The van der Waals surface area contributed by atoms with Gasteiger partial charge in [0.25, 0.3) is 0 Å². The standard InChI is InChI=1S/C25H34N6O2/c1-30-13-15-31(16-14-30)20-7-10-22-23(18-20)29-25(28-22)19-5-8-21(9-6-19)33-17-2-4-24(32)27-12-3-11-26/h5-10,18H,2-4,11-17,26H2,1H3,(H,27,32)(H,28,29). The smallest absolute Gasteiger partial charge is 0.220 e. The number of H-pyrrole nitrogens is 1. The van der Waals surface area contributed by atoms with E-state index in [9.17, 15) is 4.79 Å². The van der Waals surface area contributed by atoms with Gasteiger partial charge in [-0.15, -0.1) is 0 Å². The van der Waals surface area contributed by atoms with E-state index in [4.69, 9.17) is 15.5 Å². The van der Waals surface area contributed by atoms with Gasteiger partial charge in [-0.3, -0.25) is 4.79 Å². The largest absolute Gasteiger partial charge is 0.494 e. The number of nitrogens with one attached hydrogen (secondary N) is 2. The molecule has 33 heavy (non-hydrogen) atoms. The monoisotopic (exact) mass is 450 g/mol. The number of carbonyl (C=O) groups excluding carboxylic acids is 1. The van der Waals surface area contributed by atoms with Crippen molar-refractivity contribution in [3.63, 3.8) is 0 Å². The average molecular weight is 451 g/mol. The second-order valence-corrected chi connectivity index (χ2v) is 8.55. The number of benzene rings is 2. The molecular weight excluding hydrogens is 416 g/mol. The highest BCUT2D eigenvalue weighted by molar-refractivity contribution is 5.83. The molecule has 1 aliphatic heterocycles. The van der Waals surface area contributed by atoms with E-state index in [0.717, 1.165) is 60.8 Å². The van der Waals surface area contributed by atoms with Crippen LogP contribution < -0.4 is 20.7 Å². The van der Waals surface area contributed by atoms with E-state index in [1.807, 2.05) is 24.3 Å². The first-order valence-electron chi connectivity index (χ1n) is 11.8. The molecule has 1 aromatic heterocycles. The third kappa shape index (κ3) is 6.24. The van der Waals surface area contributed by atoms with E-state index in [0.29, 0.717) is 32.5 Å². The Kier molecular flexibility index (Phi) is 7.80. The van der Waals surface area contributed by atoms with Gasteiger partial charge in [-0.05, 0) is 68.9 Å². The van der Waals surface area contributed by atoms with Crippen LogP contribution in [0.3, 0.4) is 0 Å². The molecule has 4 rings (SSSR count). The summed E-state index contributed by atoms with van der Waals surface area (Å²) in [6.07, 6.45) is 1.93. The van der Waals surface area contributed by atoms with Crippen molar-refractivity contribution in [2.75, 3.05) is 57.8 Å². The number of piperazine rings is 1. The fourth-order valence-electron chi connectivity index (χ4n) is 3.95. The lowest BCUT2D eigenvalue weighted by molar-refractivity contribution is -0.121. The second-order valence-electron chi connectivity index (χ2n) is 8.55. The Bertz CT molecular complexity index is 1040. The molecule has 0 atom stereocenters. The first-order valence-corrected chi connectivity index (χ1v) is 11.8. The minimum absolute atomic E-state index is 0.0445. The third-order valence-electron chi connectivity index (χ3n) is 5.98. The van der Waals surface area contributed by atoms with Crippen molar-refractivity contribution < 1.29 is 9.53 Å². The van der Waals surface area contributed by atoms with Gasteiger partial charge in [-0.2, -0.15) is 0 Å². The van der Waals surface area contributed by atoms with Crippen LogP contribution in [0.5, 0.6) is 5.75 Å². The number of anilines is 1. The lowest BCUT2D eigenvalue weighted by atomic mass is 10.2. The predicted molar refractivity (Wildman–Crippen MR) is 133 cm³/mol. The molecule has 1 saturated heterocycles. The van der Waals surface area contributed by atoms with Gasteiger partial charge in [0.1, 0.15) is 11.6 Å². The zero-order valence-electron chi connectivity index (χ0n) is 19.3. The summed E-state index contributed by atoms with van der Waals surface area (Å²) in [5.41, 5.74) is 9.69. The summed E-state index contributed by atoms with van der Waals surface area (Å²) in [6, 6.07) is 14.3. The Morgan fingerprint density at radius 3 is 2.67 bits per heavy atom. The van der Waals surface area contributed by atoms with Gasteiger partial charge in [0.2, 0.25) is 5.91 Å². The summed E-state index contributed by atoms with van der Waals surface area (Å²) in [4.78, 5) is 24.7. The predicted octanol–water partition coefficient (Wildman–Crippen LogP) is 2.61. The maximum Gasteiger partial charge on any atom is 0.220 e. The van der Waals surface area contributed by atoms with Crippen LogP contribution in [-0.4, -0.2) is 73.7 Å². The van der Waals surface area contributed by atoms with Crippen molar-refractivity contribution in [1.29, 1.82) is 0 Å². The van der Waals surface area contributed by atoms with Crippen LogP contribution in [0, 0.1) is 0 Å². The molecule has 3 aromatic rings. The molecule has 0 spiro atoms. The van der Waals surface area contributed by atoms with E-state index in [1.54, 1.807) is 0 Å². The SMILES string of the molecule is CN1CCN(c2ccc3nc(-c4ccc(OCCCC(=O)NCCCN)cc4)[nH]c3c2)CC1. The number of imidazole rings is 1. The topological polar surface area (TPSA) is 99.5 Å². The van der Waals surface area contributed by atoms with Gasteiger partial charge in [-0.25, -0.2) is 4.98 Å². The molecule has 2 heterocycles. The van der Waals surface area contributed by atoms with Gasteiger partial charge in [0.05, 0.1) is 17.6 Å². The number of hydrogen-bond donors (Lipinski definition) is 3. The summed E-state index contributed by atoms with van der Waals surface area (Å²) < 4.78 is 5.78. The van der Waals surface area contributed by atoms with Gasteiger partial charge in [-0.1, -0.05) is 0 Å². The summed E-state index contributed by atoms with van der Waals surface area (Å²) >= 11 is 0. The van der Waals surface area contributed by atoms with Crippen molar-refractivity contribution in [3.8, 4) is 17.1 Å². The second kappa shape index (κ2) is 11.2. The van der Waals surface area contributed by atoms with Crippen LogP contribution in [-0.2, 0) is 4.79 Å². The van der Waals surface area contributed by atoms with Gasteiger partial charge >= 0.3 is 0 Å². The molecule has 0 radical (unpaired) electrons. The number of aromatic nitrogens is 2. The molecule has 0 aliphatic carbocycles. The highest BCUT2D eigenvalue weighted by atomic mass is 16.5. The highest BCUT2D eigenvalue weighted by Crippen LogP contribution is 2.26. The molecule has 8 heteroatoms. The molecule has 4 N–H and O–H groups in total. The minimum atomic E-state index is 0.0445. The number of carbonyl (C=O) groups is 1. The Labute approximate surface area is 195 Å². The zero-order valence-corrected chi connectivity index (χ0v) is 19.3. The molecule has 0 unspecified atom stereocenters. The van der Waals surface area contributed by atoms with Crippen molar-refractivity contribution in [2.45, 2.75) is 19.3 Å². The molecule has 0 bridgehead atoms. The number of ether oxygens (including phenoxy) is 1. The van der Waals surface area contributed by atoms with E-state index < -0.39 is 0 Å². The fourth-order valence-corrected chi connectivity index (χ4v) is 3.95. The third-order valence-corrected chi connectivity index (χ3v) is 5.98. The van der Waals surface area contributed by atoms with E-state index in [2.05, 4.69) is 45.3 Å². The van der Waals surface area contributed by atoms with Crippen molar-refractivity contribution >= 4 is 22.6 Å². The molecule has 1 fully saturated rings. The van der Waals surface area contributed by atoms with Crippen molar-refractivity contribution in [2.24, 2.45) is 5.73 Å². The maximum absolute atomic E-state index is 11.7. The Morgan fingerprint density at radius 1 is 1.12 bits per heavy atom. The van der Waals surface area contributed by atoms with Crippen LogP contribution in [0.2, 0.25) is 0 Å².